The summed E-state index contributed by atoms with van der Waals surface area (Å²) in [5, 5.41) is 11.4. The second-order valence-electron chi connectivity index (χ2n) is 16.6. The number of hydrogen-bond acceptors (Lipinski definition) is 10. The molecule has 3 aliphatic heterocycles. The first-order valence-corrected chi connectivity index (χ1v) is 18.8. The van der Waals surface area contributed by atoms with Crippen molar-refractivity contribution in [1.29, 1.82) is 0 Å². The van der Waals surface area contributed by atoms with Gasteiger partial charge in [-0.3, -0.25) is 14.5 Å². The molecule has 0 aliphatic carbocycles. The van der Waals surface area contributed by atoms with Crippen LogP contribution >= 0.6 is 0 Å². The van der Waals surface area contributed by atoms with E-state index in [1.54, 1.807) is 27.9 Å². The Morgan fingerprint density at radius 2 is 1.69 bits per heavy atom. The molecule has 10 nitrogen and oxygen atoms in total. The quantitative estimate of drug-likeness (QED) is 0.254. The van der Waals surface area contributed by atoms with Crippen molar-refractivity contribution in [3.8, 4) is 0 Å². The van der Waals surface area contributed by atoms with Crippen LogP contribution in [-0.4, -0.2) is 135 Å². The highest BCUT2D eigenvalue weighted by atomic mass is 16.7. The third-order valence-electron chi connectivity index (χ3n) is 12.0. The molecular formula is C38H71N3O7. The summed E-state index contributed by atoms with van der Waals surface area (Å²) < 4.78 is 25.1. The number of Topliss-reactive ketones (excluding diaryl/α,β-unsaturated/α-hetero) is 1. The number of aliphatic hydroxyl groups is 1. The van der Waals surface area contributed by atoms with Gasteiger partial charge in [0.25, 0.3) is 0 Å². The Balaban J connectivity index is 1.86. The van der Waals surface area contributed by atoms with Gasteiger partial charge in [-0.15, -0.1) is 0 Å². The number of carbonyl (C=O) groups is 2. The molecule has 0 aromatic rings. The Morgan fingerprint density at radius 1 is 1.06 bits per heavy atom. The number of likely N-dealkylation sites (tertiary alicyclic amines) is 1. The lowest BCUT2D eigenvalue weighted by atomic mass is 9.74. The van der Waals surface area contributed by atoms with Crippen molar-refractivity contribution in [2.45, 2.75) is 143 Å². The zero-order valence-electron chi connectivity index (χ0n) is 32.5. The van der Waals surface area contributed by atoms with Gasteiger partial charge >= 0.3 is 5.97 Å². The van der Waals surface area contributed by atoms with Gasteiger partial charge in [0.15, 0.2) is 12.1 Å². The molecule has 1 N–H and O–H groups in total. The molecule has 0 unspecified atom stereocenters. The lowest BCUT2D eigenvalue weighted by molar-refractivity contribution is -0.295. The Labute approximate surface area is 292 Å². The largest absolute Gasteiger partial charge is 0.463 e. The van der Waals surface area contributed by atoms with Gasteiger partial charge in [-0.25, -0.2) is 0 Å². The molecule has 0 amide bonds. The summed E-state index contributed by atoms with van der Waals surface area (Å²) in [4.78, 5) is 35.0. The lowest BCUT2D eigenvalue weighted by Gasteiger charge is -2.47. The number of piperidine rings is 1. The molecule has 0 bridgehead atoms. The molecule has 48 heavy (non-hydrogen) atoms. The van der Waals surface area contributed by atoms with Crippen LogP contribution in [-0.2, 0) is 28.5 Å². The summed E-state index contributed by atoms with van der Waals surface area (Å²) in [6.45, 7) is 20.3. The van der Waals surface area contributed by atoms with Crippen molar-refractivity contribution < 1.29 is 33.6 Å². The predicted molar refractivity (Wildman–Crippen MR) is 190 cm³/mol. The number of likely N-dealkylation sites (N-methyl/N-ethyl adjacent to an activating group) is 2. The van der Waals surface area contributed by atoms with Crippen molar-refractivity contribution in [2.75, 3.05) is 61.0 Å². The molecule has 280 valence electrons. The van der Waals surface area contributed by atoms with Crippen LogP contribution in [0.5, 0.6) is 0 Å². The minimum absolute atomic E-state index is 0.0483. The van der Waals surface area contributed by atoms with Crippen molar-refractivity contribution in [1.82, 2.24) is 14.7 Å². The van der Waals surface area contributed by atoms with Crippen LogP contribution in [0.2, 0.25) is 0 Å². The molecule has 0 spiro atoms. The number of carbonyl (C=O) groups excluding carboxylic acids is 2. The molecule has 3 saturated heterocycles. The first-order valence-electron chi connectivity index (χ1n) is 18.8. The van der Waals surface area contributed by atoms with Gasteiger partial charge in [0.05, 0.1) is 17.8 Å². The first kappa shape index (κ1) is 41.3. The van der Waals surface area contributed by atoms with Gasteiger partial charge < -0.3 is 33.9 Å². The maximum Gasteiger partial charge on any atom is 0.319 e. The zero-order valence-corrected chi connectivity index (χ0v) is 32.5. The number of methoxy groups -OCH3 is 1. The summed E-state index contributed by atoms with van der Waals surface area (Å²) >= 11 is 0. The molecule has 3 fully saturated rings. The fourth-order valence-electron chi connectivity index (χ4n) is 8.54. The van der Waals surface area contributed by atoms with Crippen molar-refractivity contribution in [2.24, 2.45) is 29.1 Å². The standard InChI is InChI=1S/C38H71N3O7/c1-13-28(14-2)23-41-17-15-29(16-18-41)20-30-24-46-36(44)37(6,7)33(43)27(5)34(38(8,45-12)21-25(3)22-40(30)11)48-35-32(42)31(39(9)10)19-26(4)47-35/h25-32,34-35,42H,13-24H2,1-12H3/t25-,26-,27+,30-,31+,32-,34-,35+,38-/m1/s1. The molecule has 3 rings (SSSR count). The summed E-state index contributed by atoms with van der Waals surface area (Å²) in [5.41, 5.74) is -2.30. The molecule has 0 aromatic carbocycles. The molecule has 0 aromatic heterocycles. The molecular weight excluding hydrogens is 610 g/mol. The van der Waals surface area contributed by atoms with Gasteiger partial charge in [-0.1, -0.05) is 40.5 Å². The number of nitrogens with zero attached hydrogens (tertiary/aromatic N) is 3. The second-order valence-corrected chi connectivity index (χ2v) is 16.6. The fraction of sp³-hybridized carbons (Fsp3) is 0.947. The number of esters is 1. The van der Waals surface area contributed by atoms with Gasteiger partial charge in [-0.05, 0) is 112 Å². The Morgan fingerprint density at radius 3 is 2.25 bits per heavy atom. The van der Waals surface area contributed by atoms with Gasteiger partial charge in [0.2, 0.25) is 0 Å². The maximum atomic E-state index is 14.3. The minimum Gasteiger partial charge on any atom is -0.463 e. The van der Waals surface area contributed by atoms with E-state index in [2.05, 4.69) is 37.6 Å². The van der Waals surface area contributed by atoms with E-state index in [1.165, 1.54) is 19.4 Å². The van der Waals surface area contributed by atoms with E-state index in [0.29, 0.717) is 18.8 Å². The zero-order chi connectivity index (χ0) is 36.0. The second kappa shape index (κ2) is 17.9. The smallest absolute Gasteiger partial charge is 0.319 e. The first-order chi connectivity index (χ1) is 22.5. The van der Waals surface area contributed by atoms with Crippen LogP contribution in [0.25, 0.3) is 0 Å². The average molecular weight is 682 g/mol. The predicted octanol–water partition coefficient (Wildman–Crippen LogP) is 4.86. The number of hydrogen-bond donors (Lipinski definition) is 1. The van der Waals surface area contributed by atoms with E-state index in [1.807, 2.05) is 32.8 Å². The molecule has 3 aliphatic rings. The molecule has 0 radical (unpaired) electrons. The molecule has 3 heterocycles. The Hall–Kier alpha value is -1.14. The molecule has 0 saturated carbocycles. The van der Waals surface area contributed by atoms with Gasteiger partial charge in [-0.2, -0.15) is 0 Å². The van der Waals surface area contributed by atoms with E-state index >= 15 is 0 Å². The van der Waals surface area contributed by atoms with Crippen molar-refractivity contribution in [3.05, 3.63) is 0 Å². The van der Waals surface area contributed by atoms with Gasteiger partial charge in [0.1, 0.15) is 18.1 Å². The highest BCUT2D eigenvalue weighted by molar-refractivity contribution is 6.04. The number of ether oxygens (including phenoxy) is 4. The summed E-state index contributed by atoms with van der Waals surface area (Å²) in [6.07, 6.45) is 4.18. The van der Waals surface area contributed by atoms with E-state index in [-0.39, 0.29) is 36.5 Å². The molecule has 9 atom stereocenters. The third kappa shape index (κ3) is 10.2. The topological polar surface area (TPSA) is 101 Å². The number of rotatable bonds is 10. The Kier molecular flexibility index (Phi) is 15.4. The number of ketones is 1. The Bertz CT molecular complexity index is 1010. The monoisotopic (exact) mass is 682 g/mol. The van der Waals surface area contributed by atoms with Crippen LogP contribution in [0.3, 0.4) is 0 Å². The SMILES string of the molecule is CCC(CC)CN1CCC(C[C@@H]2COC(=O)C(C)(C)C(=O)[C@H](C)[C@@H](O[C@@H]3O[C@H](C)C[C@H](N(C)C)[C@H]3O)[C@](C)(OC)C[C@@H](C)CN2C)CC1. The van der Waals surface area contributed by atoms with Crippen molar-refractivity contribution >= 4 is 11.8 Å². The molecule has 10 heteroatoms. The van der Waals surface area contributed by atoms with Gasteiger partial charge in [0, 0.05) is 38.2 Å². The van der Waals surface area contributed by atoms with E-state index in [9.17, 15) is 14.7 Å². The maximum absolute atomic E-state index is 14.3. The third-order valence-corrected chi connectivity index (χ3v) is 12.0. The van der Waals surface area contributed by atoms with Crippen LogP contribution in [0, 0.1) is 29.1 Å². The van der Waals surface area contributed by atoms with E-state index in [0.717, 1.165) is 44.8 Å². The summed E-state index contributed by atoms with van der Waals surface area (Å²) in [6, 6.07) is -0.117. The van der Waals surface area contributed by atoms with Crippen LogP contribution in [0.4, 0.5) is 0 Å². The lowest BCUT2D eigenvalue weighted by Crippen LogP contribution is -2.59. The number of cyclic esters (lactones) is 1. The average Bonchev–Trinajstić information content (AvgIpc) is 3.04. The van der Waals surface area contributed by atoms with E-state index < -0.39 is 41.4 Å². The van der Waals surface area contributed by atoms with Crippen molar-refractivity contribution in [3.63, 3.8) is 0 Å². The number of aliphatic hydroxyl groups excluding tert-OH is 1. The van der Waals surface area contributed by atoms with Crippen LogP contribution in [0.15, 0.2) is 0 Å². The van der Waals surface area contributed by atoms with E-state index in [4.69, 9.17) is 18.9 Å². The van der Waals surface area contributed by atoms with Crippen LogP contribution < -0.4 is 0 Å². The summed E-state index contributed by atoms with van der Waals surface area (Å²) in [5.74, 6) is -0.0303. The van der Waals surface area contributed by atoms with Crippen LogP contribution in [0.1, 0.15) is 100 Å². The normalized spacial score (nSPS) is 37.2. The minimum atomic E-state index is -1.40. The summed E-state index contributed by atoms with van der Waals surface area (Å²) in [7, 11) is 7.65. The highest BCUT2D eigenvalue weighted by Gasteiger charge is 2.51. The fourth-order valence-corrected chi connectivity index (χ4v) is 8.54. The highest BCUT2D eigenvalue weighted by Crippen LogP contribution is 2.38.